The van der Waals surface area contributed by atoms with E-state index in [0.717, 1.165) is 26.1 Å². The number of aryl methyl sites for hydroxylation is 2. The number of ether oxygens (including phenoxy) is 1. The van der Waals surface area contributed by atoms with E-state index < -0.39 is 16.7 Å². The van der Waals surface area contributed by atoms with Crippen LogP contribution in [-0.4, -0.2) is 38.4 Å². The highest BCUT2D eigenvalue weighted by Gasteiger charge is 2.43. The third-order valence-electron chi connectivity index (χ3n) is 5.07. The minimum atomic E-state index is -0.675. The molecule has 0 amide bonds. The van der Waals surface area contributed by atoms with Crippen molar-refractivity contribution in [1.29, 1.82) is 0 Å². The zero-order chi connectivity index (χ0) is 17.6. The summed E-state index contributed by atoms with van der Waals surface area (Å²) >= 11 is 0. The molecule has 1 fully saturated rings. The van der Waals surface area contributed by atoms with E-state index in [4.69, 9.17) is 4.74 Å². The van der Waals surface area contributed by atoms with Crippen molar-refractivity contribution in [2.24, 2.45) is 0 Å². The zero-order valence-corrected chi connectivity index (χ0v) is 14.5. The fraction of sp³-hybridized carbons (Fsp3) is 0.500. The molecule has 7 heteroatoms. The molecule has 132 valence electrons. The van der Waals surface area contributed by atoms with Crippen molar-refractivity contribution in [3.8, 4) is 0 Å². The summed E-state index contributed by atoms with van der Waals surface area (Å²) < 4.78 is 7.55. The lowest BCUT2D eigenvalue weighted by Crippen LogP contribution is -2.51. The molecule has 2 aliphatic rings. The molecule has 25 heavy (non-hydrogen) atoms. The summed E-state index contributed by atoms with van der Waals surface area (Å²) in [5.41, 5.74) is 2.20. The maximum Gasteiger partial charge on any atom is 0.330 e. The number of hydrogen-bond acceptors (Lipinski definition) is 5. The van der Waals surface area contributed by atoms with Crippen molar-refractivity contribution in [3.63, 3.8) is 0 Å². The van der Waals surface area contributed by atoms with Crippen LogP contribution in [0.1, 0.15) is 28.9 Å². The highest BCUT2D eigenvalue weighted by molar-refractivity contribution is 5.28. The van der Waals surface area contributed by atoms with Crippen LogP contribution in [0.3, 0.4) is 0 Å². The second kappa shape index (κ2) is 5.93. The van der Waals surface area contributed by atoms with Gasteiger partial charge in [-0.15, -0.1) is 0 Å². The van der Waals surface area contributed by atoms with Crippen molar-refractivity contribution in [1.82, 2.24) is 19.7 Å². The molecule has 1 N–H and O–H groups in total. The molecule has 2 aromatic rings. The first-order valence-electron chi connectivity index (χ1n) is 8.56. The van der Waals surface area contributed by atoms with E-state index in [-0.39, 0.29) is 6.61 Å². The number of H-pyrrole nitrogens is 1. The number of hydrogen-bond donors (Lipinski definition) is 1. The predicted molar refractivity (Wildman–Crippen MR) is 92.4 cm³/mol. The van der Waals surface area contributed by atoms with Gasteiger partial charge in [0.15, 0.2) is 5.82 Å². The van der Waals surface area contributed by atoms with Gasteiger partial charge in [-0.3, -0.25) is 19.1 Å². The van der Waals surface area contributed by atoms with E-state index in [9.17, 15) is 9.59 Å². The number of benzene rings is 1. The molecule has 0 bridgehead atoms. The van der Waals surface area contributed by atoms with E-state index in [1.165, 1.54) is 21.3 Å². The van der Waals surface area contributed by atoms with Crippen LogP contribution in [0.4, 0.5) is 0 Å². The van der Waals surface area contributed by atoms with Crippen LogP contribution >= 0.6 is 0 Å². The molecule has 1 aromatic heterocycles. The summed E-state index contributed by atoms with van der Waals surface area (Å²) in [6.07, 6.45) is 0.844. The number of rotatable bonds is 2. The van der Waals surface area contributed by atoms with Crippen LogP contribution in [0.2, 0.25) is 0 Å². The lowest BCUT2D eigenvalue weighted by Gasteiger charge is -2.34. The highest BCUT2D eigenvalue weighted by Crippen LogP contribution is 2.31. The Bertz CT molecular complexity index is 912. The van der Waals surface area contributed by atoms with E-state index in [1.54, 1.807) is 0 Å². The van der Waals surface area contributed by atoms with Gasteiger partial charge in [0.25, 0.3) is 0 Å². The average molecular weight is 342 g/mol. The van der Waals surface area contributed by atoms with Crippen molar-refractivity contribution in [2.45, 2.75) is 45.6 Å². The number of aromatic amines is 1. The molecule has 0 aliphatic carbocycles. The first kappa shape index (κ1) is 16.2. The molecule has 7 nitrogen and oxygen atoms in total. The van der Waals surface area contributed by atoms with Gasteiger partial charge in [-0.05, 0) is 25.8 Å². The topological polar surface area (TPSA) is 80.2 Å². The number of fused-ring (bicyclic) bond motifs is 1. The fourth-order valence-corrected chi connectivity index (χ4v) is 4.02. The molecular formula is C18H22N4O3. The fourth-order valence-electron chi connectivity index (χ4n) is 4.02. The minimum Gasteiger partial charge on any atom is -0.364 e. The van der Waals surface area contributed by atoms with Crippen molar-refractivity contribution >= 4 is 0 Å². The molecule has 0 saturated carbocycles. The van der Waals surface area contributed by atoms with Gasteiger partial charge in [0.1, 0.15) is 12.2 Å². The molecule has 1 spiro atoms. The Morgan fingerprint density at radius 1 is 1.20 bits per heavy atom. The molecular weight excluding hydrogens is 320 g/mol. The van der Waals surface area contributed by atoms with Gasteiger partial charge >= 0.3 is 11.1 Å². The quantitative estimate of drug-likeness (QED) is 0.814. The summed E-state index contributed by atoms with van der Waals surface area (Å²) in [7, 11) is 0. The Morgan fingerprint density at radius 2 is 1.96 bits per heavy atom. The number of likely N-dealkylation sites (tertiary alicyclic amines) is 1. The Balaban J connectivity index is 1.53. The van der Waals surface area contributed by atoms with Gasteiger partial charge in [0, 0.05) is 19.6 Å². The highest BCUT2D eigenvalue weighted by atomic mass is 16.5. The minimum absolute atomic E-state index is 0.253. The number of nitrogens with zero attached hydrogens (tertiary/aromatic N) is 3. The third kappa shape index (κ3) is 3.05. The normalized spacial score (nSPS) is 23.1. The van der Waals surface area contributed by atoms with Gasteiger partial charge in [-0.2, -0.15) is 5.10 Å². The van der Waals surface area contributed by atoms with Crippen molar-refractivity contribution < 1.29 is 4.74 Å². The van der Waals surface area contributed by atoms with Gasteiger partial charge in [-0.1, -0.05) is 29.3 Å². The van der Waals surface area contributed by atoms with E-state index >= 15 is 0 Å². The number of aromatic nitrogens is 3. The molecule has 1 atom stereocenters. The Labute approximate surface area is 145 Å². The summed E-state index contributed by atoms with van der Waals surface area (Å²) in [5, 5.41) is 6.16. The molecule has 1 saturated heterocycles. The lowest BCUT2D eigenvalue weighted by molar-refractivity contribution is -0.0853. The Kier molecular flexibility index (Phi) is 3.85. The molecule has 2 aliphatic heterocycles. The van der Waals surface area contributed by atoms with Gasteiger partial charge in [-0.25, -0.2) is 5.10 Å². The Morgan fingerprint density at radius 3 is 2.72 bits per heavy atom. The smallest absolute Gasteiger partial charge is 0.330 e. The van der Waals surface area contributed by atoms with Crippen LogP contribution in [0.15, 0.2) is 27.8 Å². The van der Waals surface area contributed by atoms with Crippen LogP contribution in [-0.2, 0) is 24.4 Å². The number of nitrogens with one attached hydrogen (secondary N) is 1. The maximum absolute atomic E-state index is 12.1. The molecule has 0 unspecified atom stereocenters. The maximum atomic E-state index is 12.1. The molecule has 0 radical (unpaired) electrons. The predicted octanol–water partition coefficient (Wildman–Crippen LogP) is 0.723. The average Bonchev–Trinajstić information content (AvgIpc) is 2.93. The SMILES string of the molecule is Cc1cc(C)cc(CN2CC[C@]3(C2)Cn2c(n[nH]c(=O)c2=O)CO3)c1. The van der Waals surface area contributed by atoms with Gasteiger partial charge in [0.2, 0.25) is 0 Å². The zero-order valence-electron chi connectivity index (χ0n) is 14.5. The van der Waals surface area contributed by atoms with Crippen LogP contribution in [0.5, 0.6) is 0 Å². The van der Waals surface area contributed by atoms with Gasteiger partial charge in [0.05, 0.1) is 6.54 Å². The van der Waals surface area contributed by atoms with E-state index in [2.05, 4.69) is 47.1 Å². The third-order valence-corrected chi connectivity index (χ3v) is 5.07. The monoisotopic (exact) mass is 342 g/mol. The lowest BCUT2D eigenvalue weighted by atomic mass is 10.0. The van der Waals surface area contributed by atoms with Crippen LogP contribution in [0, 0.1) is 13.8 Å². The van der Waals surface area contributed by atoms with Crippen LogP contribution in [0.25, 0.3) is 0 Å². The second-order valence-corrected chi connectivity index (χ2v) is 7.29. The van der Waals surface area contributed by atoms with Crippen LogP contribution < -0.4 is 11.1 Å². The first-order valence-corrected chi connectivity index (χ1v) is 8.56. The van der Waals surface area contributed by atoms with Gasteiger partial charge < -0.3 is 4.74 Å². The van der Waals surface area contributed by atoms with Crippen molar-refractivity contribution in [2.75, 3.05) is 13.1 Å². The van der Waals surface area contributed by atoms with E-state index in [0.29, 0.717) is 12.4 Å². The van der Waals surface area contributed by atoms with E-state index in [1.807, 2.05) is 0 Å². The van der Waals surface area contributed by atoms with Crippen molar-refractivity contribution in [3.05, 3.63) is 61.4 Å². The molecule has 1 aromatic carbocycles. The molecule has 4 rings (SSSR count). The standard InChI is InChI=1S/C18H22N4O3/c1-12-5-13(2)7-14(6-12)8-21-4-3-18(10-21)11-22-15(9-25-18)19-20-16(23)17(22)24/h5-7H,3-4,8-11H2,1-2H3,(H,20,23)/t18-/m0/s1. The summed E-state index contributed by atoms with van der Waals surface area (Å²) in [6, 6.07) is 6.60. The summed E-state index contributed by atoms with van der Waals surface area (Å²) in [4.78, 5) is 26.0. The first-order chi connectivity index (χ1) is 11.9. The second-order valence-electron chi connectivity index (χ2n) is 7.29. The largest absolute Gasteiger partial charge is 0.364 e. The summed E-state index contributed by atoms with van der Waals surface area (Å²) in [5.74, 6) is 0.489. The summed E-state index contributed by atoms with van der Waals surface area (Å²) in [6.45, 7) is 7.39. The molecule has 3 heterocycles. The Hall–Kier alpha value is -2.25.